The number of sulfonamides is 1. The van der Waals surface area contributed by atoms with Crippen LogP contribution in [0.2, 0.25) is 0 Å². The van der Waals surface area contributed by atoms with E-state index in [-0.39, 0.29) is 37.3 Å². The molecular weight excluding hydrogens is 699 g/mol. The molecular formula is C39H49N5O8S. The highest BCUT2D eigenvalue weighted by molar-refractivity contribution is 7.91. The van der Waals surface area contributed by atoms with Gasteiger partial charge in [0.15, 0.2) is 0 Å². The summed E-state index contributed by atoms with van der Waals surface area (Å²) in [6, 6.07) is 5.85. The average molecular weight is 748 g/mol. The summed E-state index contributed by atoms with van der Waals surface area (Å²) in [7, 11) is -3.88. The molecule has 4 bridgehead atoms. The number of benzene rings is 1. The highest BCUT2D eigenvalue weighted by Crippen LogP contribution is 2.45. The zero-order valence-corrected chi connectivity index (χ0v) is 31.2. The van der Waals surface area contributed by atoms with Gasteiger partial charge in [0.1, 0.15) is 23.7 Å². The number of nitrogens with zero attached hydrogens (tertiary/aromatic N) is 2. The molecule has 13 nitrogen and oxygen atoms in total. The fraction of sp³-hybridized carbons (Fsp3) is 0.564. The molecule has 1 unspecified atom stereocenters. The second-order valence-corrected chi connectivity index (χ2v) is 18.1. The summed E-state index contributed by atoms with van der Waals surface area (Å²) in [4.78, 5) is 61.8. The number of fused-ring (bicyclic) bond motifs is 3. The first-order valence-corrected chi connectivity index (χ1v) is 20.3. The van der Waals surface area contributed by atoms with Gasteiger partial charge in [-0.05, 0) is 79.4 Å². The van der Waals surface area contributed by atoms with Crippen LogP contribution in [0.15, 0.2) is 49.2 Å². The summed E-state index contributed by atoms with van der Waals surface area (Å²) in [6.45, 7) is 8.02. The Labute approximate surface area is 310 Å². The highest BCUT2D eigenvalue weighted by Gasteiger charge is 2.62. The third-order valence-electron chi connectivity index (χ3n) is 11.4. The van der Waals surface area contributed by atoms with Gasteiger partial charge in [0.25, 0.3) is 5.91 Å². The van der Waals surface area contributed by atoms with Crippen molar-refractivity contribution in [2.24, 2.45) is 17.3 Å². The molecule has 3 N–H and O–H groups in total. The van der Waals surface area contributed by atoms with Gasteiger partial charge in [-0.1, -0.05) is 57.0 Å². The van der Waals surface area contributed by atoms with E-state index in [4.69, 9.17) is 9.47 Å². The minimum Gasteiger partial charge on any atom is -0.472 e. The van der Waals surface area contributed by atoms with E-state index in [0.717, 1.165) is 54.9 Å². The predicted octanol–water partition coefficient (Wildman–Crippen LogP) is 4.37. The Morgan fingerprint density at radius 1 is 1.11 bits per heavy atom. The fourth-order valence-corrected chi connectivity index (χ4v) is 9.32. The lowest BCUT2D eigenvalue weighted by Gasteiger charge is -2.32. The number of alkyl carbamates (subject to hydrolysis) is 1. The molecule has 0 radical (unpaired) electrons. The third kappa shape index (κ3) is 7.92. The van der Waals surface area contributed by atoms with Crippen LogP contribution >= 0.6 is 0 Å². The van der Waals surface area contributed by atoms with Crippen molar-refractivity contribution in [2.75, 3.05) is 13.2 Å². The number of hydrogen-bond acceptors (Lipinski definition) is 9. The number of allylic oxidation sites excluding steroid dienone is 1. The van der Waals surface area contributed by atoms with Gasteiger partial charge in [0.05, 0.1) is 18.4 Å². The number of carbonyl (C=O) groups excluding carboxylic acids is 4. The van der Waals surface area contributed by atoms with Crippen LogP contribution in [0.5, 0.6) is 5.88 Å². The van der Waals surface area contributed by atoms with Crippen molar-refractivity contribution in [3.63, 3.8) is 0 Å². The first-order chi connectivity index (χ1) is 25.3. The van der Waals surface area contributed by atoms with Gasteiger partial charge in [-0.3, -0.25) is 19.1 Å². The van der Waals surface area contributed by atoms with E-state index < -0.39 is 68.7 Å². The van der Waals surface area contributed by atoms with Crippen LogP contribution in [-0.2, 0) is 29.1 Å². The molecule has 53 heavy (non-hydrogen) atoms. The maximum absolute atomic E-state index is 14.7. The standard InChI is InChI=1S/C39H49N5O8S/c1-4-27-21-39(27,36(47)43-53(49,50)29-14-15-29)42-33(45)31-20-28-22-44(31)35(46)32(26-10-5-6-11-26)41-37(48)51-23-38(2,3)17-8-7-9-24-12-13-25-16-18-40-34(52-28)30(25)19-24/h4,7,9,12-13,16,18-19,26-29,31-32H,1,5-6,8,10-11,14-15,17,20-23H2,2-3H3,(H,41,48)(H,42,45)(H,43,47)/b9-7+/t27-,28-,31+,32+,39?/m1/s1. The number of pyridine rings is 1. The molecule has 3 heterocycles. The molecule has 2 aromatic rings. The molecule has 4 amide bonds. The van der Waals surface area contributed by atoms with Gasteiger partial charge in [-0.2, -0.15) is 0 Å². The van der Waals surface area contributed by atoms with Crippen LogP contribution in [0, 0.1) is 17.3 Å². The van der Waals surface area contributed by atoms with Crippen LogP contribution in [0.4, 0.5) is 4.79 Å². The third-order valence-corrected chi connectivity index (χ3v) is 13.3. The first kappa shape index (κ1) is 36.9. The summed E-state index contributed by atoms with van der Waals surface area (Å²) in [5.74, 6) is -2.19. The lowest BCUT2D eigenvalue weighted by atomic mass is 9.88. The molecule has 3 saturated carbocycles. The lowest BCUT2D eigenvalue weighted by Crippen LogP contribution is -2.59. The maximum atomic E-state index is 14.7. The second-order valence-electron chi connectivity index (χ2n) is 16.1. The van der Waals surface area contributed by atoms with Gasteiger partial charge >= 0.3 is 6.09 Å². The second kappa shape index (κ2) is 14.4. The number of hydrogen-bond donors (Lipinski definition) is 3. The van der Waals surface area contributed by atoms with E-state index in [2.05, 4.69) is 33.0 Å². The minimum atomic E-state index is -3.88. The molecule has 1 aromatic carbocycles. The molecule has 7 rings (SSSR count). The maximum Gasteiger partial charge on any atom is 0.407 e. The Balaban J connectivity index is 1.22. The normalized spacial score (nSPS) is 29.9. The highest BCUT2D eigenvalue weighted by atomic mass is 32.2. The molecule has 4 fully saturated rings. The number of aromatic nitrogens is 1. The van der Waals surface area contributed by atoms with Gasteiger partial charge in [-0.15, -0.1) is 6.58 Å². The van der Waals surface area contributed by atoms with Crippen molar-refractivity contribution in [1.29, 1.82) is 0 Å². The monoisotopic (exact) mass is 747 g/mol. The first-order valence-electron chi connectivity index (χ1n) is 18.7. The summed E-state index contributed by atoms with van der Waals surface area (Å²) in [6.07, 6.45) is 11.9. The lowest BCUT2D eigenvalue weighted by molar-refractivity contribution is -0.142. The number of carbonyl (C=O) groups is 4. The quantitative estimate of drug-likeness (QED) is 0.348. The van der Waals surface area contributed by atoms with Crippen LogP contribution in [0.3, 0.4) is 0 Å². The van der Waals surface area contributed by atoms with Crippen LogP contribution in [0.1, 0.15) is 83.6 Å². The summed E-state index contributed by atoms with van der Waals surface area (Å²) in [5.41, 5.74) is -0.904. The van der Waals surface area contributed by atoms with Crippen molar-refractivity contribution in [2.45, 2.75) is 107 Å². The Hall–Kier alpha value is -4.46. The zero-order valence-electron chi connectivity index (χ0n) is 30.3. The number of amides is 4. The molecule has 2 aliphatic heterocycles. The molecule has 0 spiro atoms. The SMILES string of the molecule is C=C[C@@H]1CC1(NC(=O)[C@@H]1C[C@@H]2CN1C(=O)[C@H](C1CCCC1)NC(=O)OCC(C)(C)CC/C=C/c1ccc3ccnc(c3c1)O2)C(=O)NS(=O)(=O)C1CC1. The Morgan fingerprint density at radius 2 is 1.89 bits per heavy atom. The van der Waals surface area contributed by atoms with E-state index in [1.54, 1.807) is 6.20 Å². The molecule has 3 aliphatic carbocycles. The van der Waals surface area contributed by atoms with Gasteiger partial charge in [-0.25, -0.2) is 18.2 Å². The van der Waals surface area contributed by atoms with Crippen LogP contribution in [0.25, 0.3) is 16.8 Å². The number of rotatable bonds is 7. The number of cyclic esters (lactones) is 1. The molecule has 1 saturated heterocycles. The van der Waals surface area contributed by atoms with Crippen molar-refractivity contribution in [1.82, 2.24) is 25.2 Å². The van der Waals surface area contributed by atoms with Gasteiger partial charge in [0, 0.05) is 23.9 Å². The largest absolute Gasteiger partial charge is 0.472 e. The summed E-state index contributed by atoms with van der Waals surface area (Å²) < 4.78 is 39.9. The average Bonchev–Trinajstić information content (AvgIpc) is 4.00. The Morgan fingerprint density at radius 3 is 2.60 bits per heavy atom. The fourth-order valence-electron chi connectivity index (χ4n) is 7.95. The molecule has 5 aliphatic rings. The van der Waals surface area contributed by atoms with Gasteiger partial charge in [0.2, 0.25) is 27.7 Å². The number of nitrogens with one attached hydrogen (secondary N) is 3. The van der Waals surface area contributed by atoms with Crippen LogP contribution in [-0.4, -0.2) is 84.2 Å². The predicted molar refractivity (Wildman–Crippen MR) is 198 cm³/mol. The Bertz CT molecular complexity index is 1940. The molecule has 14 heteroatoms. The van der Waals surface area contributed by atoms with Crippen molar-refractivity contribution in [3.05, 3.63) is 54.8 Å². The minimum absolute atomic E-state index is 0.0156. The zero-order chi connectivity index (χ0) is 37.5. The van der Waals surface area contributed by atoms with E-state index in [0.29, 0.717) is 18.7 Å². The Kier molecular flexibility index (Phi) is 10.0. The van der Waals surface area contributed by atoms with Crippen molar-refractivity contribution >= 4 is 50.7 Å². The topological polar surface area (TPSA) is 173 Å². The summed E-state index contributed by atoms with van der Waals surface area (Å²) >= 11 is 0. The van der Waals surface area contributed by atoms with Crippen LogP contribution < -0.4 is 20.1 Å². The van der Waals surface area contributed by atoms with E-state index in [1.165, 1.54) is 11.0 Å². The number of ether oxygens (including phenoxy) is 2. The molecule has 284 valence electrons. The van der Waals surface area contributed by atoms with Crippen molar-refractivity contribution in [3.8, 4) is 5.88 Å². The molecule has 5 atom stereocenters. The smallest absolute Gasteiger partial charge is 0.407 e. The van der Waals surface area contributed by atoms with E-state index >= 15 is 0 Å². The molecule has 1 aromatic heterocycles. The van der Waals surface area contributed by atoms with Gasteiger partial charge < -0.3 is 25.0 Å². The van der Waals surface area contributed by atoms with E-state index in [9.17, 15) is 27.6 Å². The summed E-state index contributed by atoms with van der Waals surface area (Å²) in [5, 5.41) is 6.77. The van der Waals surface area contributed by atoms with Crippen molar-refractivity contribution < 1.29 is 37.1 Å². The van der Waals surface area contributed by atoms with E-state index in [1.807, 2.05) is 44.2 Å².